The van der Waals surface area contributed by atoms with E-state index in [2.05, 4.69) is 9.72 Å². The summed E-state index contributed by atoms with van der Waals surface area (Å²) in [5.74, 6) is -1.01. The molecular formula is C6H6FNO. The summed E-state index contributed by atoms with van der Waals surface area (Å²) in [6, 6.07) is 3.70. The maximum Gasteiger partial charge on any atom is 0.216 e. The largest absolute Gasteiger partial charge is 0.481 e. The zero-order valence-electron chi connectivity index (χ0n) is 7.47. The summed E-state index contributed by atoms with van der Waals surface area (Å²) in [6.45, 7) is 0. The second-order valence-corrected chi connectivity index (χ2v) is 1.40. The molecule has 0 fully saturated rings. The van der Waals surface area contributed by atoms with Crippen LogP contribution in [0, 0.1) is 5.95 Å². The second kappa shape index (κ2) is 2.44. The molecule has 1 aromatic rings. The lowest BCUT2D eigenvalue weighted by Gasteiger charge is -1.94. The van der Waals surface area contributed by atoms with Gasteiger partial charge in [0, 0.05) is 6.07 Å². The maximum absolute atomic E-state index is 12.4. The van der Waals surface area contributed by atoms with Crippen molar-refractivity contribution in [3.05, 3.63) is 24.1 Å². The fourth-order valence-electron chi connectivity index (χ4n) is 0.446. The Kier molecular flexibility index (Phi) is 0.853. The number of aromatic nitrogens is 1. The van der Waals surface area contributed by atoms with Gasteiger partial charge in [0.05, 0.1) is 11.2 Å². The summed E-state index contributed by atoms with van der Waals surface area (Å²) in [4.78, 5) is 3.21. The van der Waals surface area contributed by atoms with E-state index in [1.54, 1.807) is 0 Å². The topological polar surface area (TPSA) is 22.1 Å². The molecule has 0 atom stereocenters. The Morgan fingerprint density at radius 2 is 2.67 bits per heavy atom. The summed E-state index contributed by atoms with van der Waals surface area (Å²) in [5.41, 5.74) is 0. The average molecular weight is 130 g/mol. The highest BCUT2D eigenvalue weighted by atomic mass is 19.1. The lowest BCUT2D eigenvalue weighted by Crippen LogP contribution is -1.88. The molecule has 1 aromatic heterocycles. The van der Waals surface area contributed by atoms with E-state index in [1.165, 1.54) is 12.1 Å². The number of hydrogen-bond donors (Lipinski definition) is 0. The molecule has 0 bridgehead atoms. The molecule has 0 radical (unpaired) electrons. The predicted molar refractivity (Wildman–Crippen MR) is 30.7 cm³/mol. The van der Waals surface area contributed by atoms with E-state index in [-0.39, 0.29) is 5.88 Å². The number of rotatable bonds is 1. The van der Waals surface area contributed by atoms with Gasteiger partial charge >= 0.3 is 0 Å². The molecule has 0 aliphatic carbocycles. The van der Waals surface area contributed by atoms with E-state index < -0.39 is 13.0 Å². The standard InChI is InChI=1S/C6H6FNO/c1-9-6-4-2-3-5(7)8-6/h2-4H,1H3/i1D3. The van der Waals surface area contributed by atoms with Gasteiger partial charge in [0.15, 0.2) is 0 Å². The van der Waals surface area contributed by atoms with Gasteiger partial charge in [0.2, 0.25) is 11.8 Å². The summed E-state index contributed by atoms with van der Waals surface area (Å²) >= 11 is 0. The first-order valence-electron chi connectivity index (χ1n) is 3.79. The number of nitrogens with zero attached hydrogens (tertiary/aromatic N) is 1. The molecule has 0 aromatic carbocycles. The second-order valence-electron chi connectivity index (χ2n) is 1.40. The molecule has 0 saturated carbocycles. The molecule has 1 heterocycles. The molecule has 2 nitrogen and oxygen atoms in total. The van der Waals surface area contributed by atoms with Gasteiger partial charge in [-0.2, -0.15) is 9.37 Å². The van der Waals surface area contributed by atoms with Crippen LogP contribution in [0.25, 0.3) is 0 Å². The Labute approximate surface area is 56.5 Å². The van der Waals surface area contributed by atoms with Crippen LogP contribution in [0.4, 0.5) is 4.39 Å². The number of ether oxygens (including phenoxy) is 1. The minimum Gasteiger partial charge on any atom is -0.481 e. The first-order valence-corrected chi connectivity index (χ1v) is 2.29. The van der Waals surface area contributed by atoms with Crippen molar-refractivity contribution in [1.29, 1.82) is 0 Å². The third kappa shape index (κ3) is 1.38. The molecule has 1 rings (SSSR count). The zero-order chi connectivity index (χ0) is 9.19. The van der Waals surface area contributed by atoms with Crippen molar-refractivity contribution in [2.45, 2.75) is 0 Å². The van der Waals surface area contributed by atoms with Crippen LogP contribution in [0.2, 0.25) is 0 Å². The van der Waals surface area contributed by atoms with E-state index in [0.717, 1.165) is 6.07 Å². The molecule has 3 heteroatoms. The normalized spacial score (nSPS) is 15.4. The van der Waals surface area contributed by atoms with E-state index in [4.69, 9.17) is 4.11 Å². The molecular weight excluding hydrogens is 121 g/mol. The molecule has 0 aliphatic rings. The van der Waals surface area contributed by atoms with Crippen LogP contribution >= 0.6 is 0 Å². The lowest BCUT2D eigenvalue weighted by molar-refractivity contribution is 0.387. The summed E-state index contributed by atoms with van der Waals surface area (Å²) in [6.07, 6.45) is 0. The number of halogens is 1. The quantitative estimate of drug-likeness (QED) is 0.533. The molecule has 0 aliphatic heterocycles. The fourth-order valence-corrected chi connectivity index (χ4v) is 0.446. The van der Waals surface area contributed by atoms with Crippen molar-refractivity contribution >= 4 is 0 Å². The van der Waals surface area contributed by atoms with Gasteiger partial charge in [0.25, 0.3) is 0 Å². The SMILES string of the molecule is [2H]C([2H])([2H])Oc1cccc(F)n1. The minimum absolute atomic E-state index is 0.241. The van der Waals surface area contributed by atoms with E-state index in [1.807, 2.05) is 0 Å². The van der Waals surface area contributed by atoms with Crippen LogP contribution in [0.1, 0.15) is 4.11 Å². The Morgan fingerprint density at radius 3 is 3.33 bits per heavy atom. The highest BCUT2D eigenvalue weighted by Crippen LogP contribution is 2.03. The van der Waals surface area contributed by atoms with Crippen LogP contribution < -0.4 is 4.74 Å². The third-order valence-electron chi connectivity index (χ3n) is 0.794. The summed E-state index contributed by atoms with van der Waals surface area (Å²) in [7, 11) is -2.58. The third-order valence-corrected chi connectivity index (χ3v) is 0.794. The van der Waals surface area contributed by atoms with Gasteiger partial charge in [-0.3, -0.25) is 0 Å². The van der Waals surface area contributed by atoms with Gasteiger partial charge < -0.3 is 4.74 Å². The van der Waals surface area contributed by atoms with Crippen molar-refractivity contribution < 1.29 is 13.2 Å². The first kappa shape index (κ1) is 3.15. The fraction of sp³-hybridized carbons (Fsp3) is 0.167. The van der Waals surface area contributed by atoms with E-state index in [0.29, 0.717) is 0 Å². The van der Waals surface area contributed by atoms with Crippen LogP contribution in [0.15, 0.2) is 18.2 Å². The van der Waals surface area contributed by atoms with Gasteiger partial charge in [0.1, 0.15) is 0 Å². The van der Waals surface area contributed by atoms with Gasteiger partial charge in [-0.05, 0) is 6.07 Å². The monoisotopic (exact) mass is 130 g/mol. The molecule has 0 saturated heterocycles. The minimum atomic E-state index is -2.58. The van der Waals surface area contributed by atoms with Crippen molar-refractivity contribution in [2.24, 2.45) is 0 Å². The van der Waals surface area contributed by atoms with Gasteiger partial charge in [-0.1, -0.05) is 6.07 Å². The zero-order valence-corrected chi connectivity index (χ0v) is 4.47. The Hall–Kier alpha value is -1.12. The van der Waals surface area contributed by atoms with Crippen molar-refractivity contribution in [2.75, 3.05) is 7.04 Å². The summed E-state index contributed by atoms with van der Waals surface area (Å²) < 4.78 is 36.8. The van der Waals surface area contributed by atoms with Crippen molar-refractivity contribution in [3.8, 4) is 5.88 Å². The van der Waals surface area contributed by atoms with Crippen LogP contribution in [-0.2, 0) is 0 Å². The lowest BCUT2D eigenvalue weighted by atomic mass is 10.5. The number of hydrogen-bond acceptors (Lipinski definition) is 2. The van der Waals surface area contributed by atoms with Crippen molar-refractivity contribution in [1.82, 2.24) is 4.98 Å². The van der Waals surface area contributed by atoms with Crippen molar-refractivity contribution in [3.63, 3.8) is 0 Å². The average Bonchev–Trinajstić information content (AvgIpc) is 1.82. The van der Waals surface area contributed by atoms with Gasteiger partial charge in [-0.25, -0.2) is 0 Å². The molecule has 0 unspecified atom stereocenters. The molecule has 9 heavy (non-hydrogen) atoms. The molecule has 0 N–H and O–H groups in total. The highest BCUT2D eigenvalue weighted by Gasteiger charge is 1.91. The molecule has 0 amide bonds. The van der Waals surface area contributed by atoms with E-state index >= 15 is 0 Å². The Bertz CT molecular complexity index is 276. The predicted octanol–water partition coefficient (Wildman–Crippen LogP) is 1.23. The Morgan fingerprint density at radius 1 is 1.78 bits per heavy atom. The maximum atomic E-state index is 12.4. The Balaban J connectivity index is 2.77. The number of methoxy groups -OCH3 is 1. The highest BCUT2D eigenvalue weighted by molar-refractivity contribution is 5.09. The van der Waals surface area contributed by atoms with Gasteiger partial charge in [-0.15, -0.1) is 0 Å². The summed E-state index contributed by atoms with van der Waals surface area (Å²) in [5, 5.41) is 0. The molecule has 0 spiro atoms. The first-order chi connectivity index (χ1) is 5.47. The number of pyridine rings is 1. The van der Waals surface area contributed by atoms with E-state index in [9.17, 15) is 4.39 Å². The smallest absolute Gasteiger partial charge is 0.216 e. The van der Waals surface area contributed by atoms with Crippen LogP contribution in [0.3, 0.4) is 0 Å². The van der Waals surface area contributed by atoms with Crippen LogP contribution in [-0.4, -0.2) is 12.0 Å². The van der Waals surface area contributed by atoms with Crippen LogP contribution in [0.5, 0.6) is 5.88 Å². The molecule has 48 valence electrons.